The quantitative estimate of drug-likeness (QED) is 0.156. The highest BCUT2D eigenvalue weighted by atomic mass is 16.5. The van der Waals surface area contributed by atoms with Crippen LogP contribution in [0.1, 0.15) is 94.9 Å². The molecule has 5 nitrogen and oxygen atoms in total. The number of ether oxygens (including phenoxy) is 1. The minimum Gasteiger partial charge on any atom is -0.393 e. The smallest absolute Gasteiger partial charge is 0.117 e. The Hall–Kier alpha value is -2.54. The van der Waals surface area contributed by atoms with Crippen molar-refractivity contribution in [3.05, 3.63) is 107 Å². The molecule has 1 heterocycles. The van der Waals surface area contributed by atoms with E-state index in [1.165, 1.54) is 5.57 Å². The first-order valence-corrected chi connectivity index (χ1v) is 16.3. The molecule has 1 aliphatic heterocycles. The van der Waals surface area contributed by atoms with Crippen molar-refractivity contribution >= 4 is 0 Å². The molecule has 248 valence electrons. The first-order chi connectivity index (χ1) is 20.7. The normalized spacial score (nSPS) is 36.5. The summed E-state index contributed by atoms with van der Waals surface area (Å²) in [6.45, 7) is 20.0. The van der Waals surface area contributed by atoms with Gasteiger partial charge in [0.2, 0.25) is 0 Å². The van der Waals surface area contributed by atoms with Crippen LogP contribution >= 0.6 is 0 Å². The molecule has 2 aliphatic carbocycles. The third-order valence-corrected chi connectivity index (χ3v) is 9.91. The van der Waals surface area contributed by atoms with Crippen molar-refractivity contribution < 1.29 is 25.2 Å². The molecule has 6 atom stereocenters. The third-order valence-electron chi connectivity index (χ3n) is 9.91. The summed E-state index contributed by atoms with van der Waals surface area (Å²) in [5, 5.41) is 42.9. The van der Waals surface area contributed by atoms with Gasteiger partial charge >= 0.3 is 0 Å². The van der Waals surface area contributed by atoms with Crippen molar-refractivity contribution in [1.82, 2.24) is 0 Å². The molecule has 0 unspecified atom stereocenters. The number of fused-ring (bicyclic) bond motifs is 1. The molecule has 45 heavy (non-hydrogen) atoms. The molecule has 5 heteroatoms. The van der Waals surface area contributed by atoms with Crippen molar-refractivity contribution in [1.29, 1.82) is 0 Å². The lowest BCUT2D eigenvalue weighted by Crippen LogP contribution is -2.65. The largest absolute Gasteiger partial charge is 0.393 e. The summed E-state index contributed by atoms with van der Waals surface area (Å²) in [7, 11) is 0. The predicted molar refractivity (Wildman–Crippen MR) is 187 cm³/mol. The van der Waals surface area contributed by atoms with Crippen molar-refractivity contribution in [3.8, 4) is 0 Å². The number of allylic oxidation sites excluding steroid dienone is 14. The minimum atomic E-state index is -1.45. The van der Waals surface area contributed by atoms with Crippen LogP contribution < -0.4 is 0 Å². The van der Waals surface area contributed by atoms with Crippen LogP contribution in [0, 0.1) is 10.8 Å². The summed E-state index contributed by atoms with van der Waals surface area (Å²) in [5.41, 5.74) is 1.62. The van der Waals surface area contributed by atoms with E-state index in [2.05, 4.69) is 65.0 Å². The Morgan fingerprint density at radius 1 is 0.689 bits per heavy atom. The molecule has 0 spiro atoms. The van der Waals surface area contributed by atoms with Crippen molar-refractivity contribution in [2.75, 3.05) is 0 Å². The van der Waals surface area contributed by atoms with E-state index < -0.39 is 28.3 Å². The molecular weight excluding hydrogens is 560 g/mol. The van der Waals surface area contributed by atoms with E-state index >= 15 is 0 Å². The number of aliphatic hydroxyl groups excluding tert-OH is 2. The van der Waals surface area contributed by atoms with Crippen LogP contribution in [0.3, 0.4) is 0 Å². The fraction of sp³-hybridized carbons (Fsp3) is 0.550. The number of rotatable bonds is 9. The van der Waals surface area contributed by atoms with Gasteiger partial charge in [0, 0.05) is 18.3 Å². The number of aliphatic hydroxyl groups is 4. The molecule has 0 aromatic carbocycles. The average molecular weight is 619 g/mol. The Labute approximate surface area is 272 Å². The molecular formula is C40H58O5. The fourth-order valence-electron chi connectivity index (χ4n) is 7.45. The van der Waals surface area contributed by atoms with Gasteiger partial charge < -0.3 is 25.2 Å². The summed E-state index contributed by atoms with van der Waals surface area (Å²) in [6, 6.07) is 0. The topological polar surface area (TPSA) is 90.2 Å². The monoisotopic (exact) mass is 618 g/mol. The maximum absolute atomic E-state index is 11.4. The molecule has 0 bridgehead atoms. The van der Waals surface area contributed by atoms with Crippen LogP contribution in [0.15, 0.2) is 107 Å². The lowest BCUT2D eigenvalue weighted by molar-refractivity contribution is -0.216. The van der Waals surface area contributed by atoms with Gasteiger partial charge in [-0.05, 0) is 83.1 Å². The minimum absolute atomic E-state index is 0.0642. The lowest BCUT2D eigenvalue weighted by atomic mass is 9.57. The van der Waals surface area contributed by atoms with E-state index in [1.54, 1.807) is 13.0 Å². The summed E-state index contributed by atoms with van der Waals surface area (Å²) < 4.78 is 6.45. The molecule has 4 N–H and O–H groups in total. The SMILES string of the molecule is CC(/C=C/C=C(C)/C=C/[C@@]1(O)C(C)(C)C[C@H](O)C[C@@]1(C)O)=C\C=C\C=C(C)\C=C\C=C(/C)[C@@H]1C=C2C(C)(C)C[C@H](O)C[C@@]2(C)O1. The Balaban J connectivity index is 1.55. The zero-order valence-electron chi connectivity index (χ0n) is 29.3. The van der Waals surface area contributed by atoms with Gasteiger partial charge in [0.1, 0.15) is 5.60 Å². The highest BCUT2D eigenvalue weighted by Gasteiger charge is 2.58. The molecule has 0 saturated heterocycles. The maximum Gasteiger partial charge on any atom is 0.117 e. The van der Waals surface area contributed by atoms with E-state index in [1.807, 2.05) is 70.2 Å². The molecule has 0 radical (unpaired) electrons. The van der Waals surface area contributed by atoms with Crippen molar-refractivity contribution in [2.45, 2.75) is 130 Å². The van der Waals surface area contributed by atoms with Crippen LogP contribution in [0.4, 0.5) is 0 Å². The molecule has 0 amide bonds. The average Bonchev–Trinajstić information content (AvgIpc) is 3.26. The summed E-state index contributed by atoms with van der Waals surface area (Å²) >= 11 is 0. The molecule has 2 fully saturated rings. The van der Waals surface area contributed by atoms with Gasteiger partial charge in [-0.1, -0.05) is 111 Å². The molecule has 2 saturated carbocycles. The summed E-state index contributed by atoms with van der Waals surface area (Å²) in [4.78, 5) is 0. The first-order valence-electron chi connectivity index (χ1n) is 16.3. The summed E-state index contributed by atoms with van der Waals surface area (Å²) in [5.74, 6) is 0. The van der Waals surface area contributed by atoms with Gasteiger partial charge in [-0.25, -0.2) is 0 Å². The highest BCUT2D eigenvalue weighted by Crippen LogP contribution is 2.52. The van der Waals surface area contributed by atoms with Crippen LogP contribution in [0.5, 0.6) is 0 Å². The fourth-order valence-corrected chi connectivity index (χ4v) is 7.45. The van der Waals surface area contributed by atoms with Gasteiger partial charge in [0.25, 0.3) is 0 Å². The molecule has 0 aromatic heterocycles. The molecule has 3 aliphatic rings. The van der Waals surface area contributed by atoms with Crippen molar-refractivity contribution in [3.63, 3.8) is 0 Å². The standard InChI is InChI=1S/C40H58O5/c1-28(17-13-18-30(3)21-22-40(44)37(7,8)25-33(42)27-39(40,10)43)15-11-12-16-29(2)19-14-20-31(4)34-23-35-36(5,6)24-32(41)26-38(35,9)45-34/h11-23,32-34,41-44H,24-27H2,1-10H3/b12-11+,17-13+,19-14+,22-21+,28-15+,29-16+,30-18+,31-20+/t32-,33-,34-,38+,39+,40+/m0/s1. The zero-order valence-corrected chi connectivity index (χ0v) is 29.3. The van der Waals surface area contributed by atoms with E-state index in [-0.39, 0.29) is 24.0 Å². The van der Waals surface area contributed by atoms with Crippen molar-refractivity contribution in [2.24, 2.45) is 10.8 Å². The highest BCUT2D eigenvalue weighted by molar-refractivity contribution is 5.37. The van der Waals surface area contributed by atoms with Crippen LogP contribution in [0.25, 0.3) is 0 Å². The van der Waals surface area contributed by atoms with Crippen LogP contribution in [-0.4, -0.2) is 55.5 Å². The number of hydrogen-bond donors (Lipinski definition) is 4. The molecule has 0 aromatic rings. The van der Waals surface area contributed by atoms with E-state index in [0.717, 1.165) is 28.7 Å². The van der Waals surface area contributed by atoms with Gasteiger partial charge in [-0.3, -0.25) is 0 Å². The Kier molecular flexibility index (Phi) is 11.5. The van der Waals surface area contributed by atoms with E-state index in [0.29, 0.717) is 12.8 Å². The predicted octanol–water partition coefficient (Wildman–Crippen LogP) is 7.92. The van der Waals surface area contributed by atoms with Gasteiger partial charge in [0.15, 0.2) is 0 Å². The second kappa shape index (κ2) is 14.1. The first kappa shape index (κ1) is 36.9. The maximum atomic E-state index is 11.4. The lowest BCUT2D eigenvalue weighted by Gasteiger charge is -2.54. The van der Waals surface area contributed by atoms with Crippen LogP contribution in [-0.2, 0) is 4.74 Å². The van der Waals surface area contributed by atoms with E-state index in [9.17, 15) is 20.4 Å². The Bertz CT molecular complexity index is 1340. The Morgan fingerprint density at radius 2 is 1.20 bits per heavy atom. The second-order valence-electron chi connectivity index (χ2n) is 15.4. The second-order valence-corrected chi connectivity index (χ2v) is 15.4. The zero-order chi connectivity index (χ0) is 33.8. The van der Waals surface area contributed by atoms with Gasteiger partial charge in [-0.15, -0.1) is 0 Å². The Morgan fingerprint density at radius 3 is 1.78 bits per heavy atom. The van der Waals surface area contributed by atoms with Gasteiger partial charge in [0.05, 0.1) is 29.5 Å². The summed E-state index contributed by atoms with van der Waals surface area (Å²) in [6.07, 6.45) is 27.1. The number of hydrogen-bond acceptors (Lipinski definition) is 5. The third kappa shape index (κ3) is 8.84. The van der Waals surface area contributed by atoms with E-state index in [4.69, 9.17) is 4.74 Å². The molecule has 3 rings (SSSR count). The van der Waals surface area contributed by atoms with Crippen LogP contribution in [0.2, 0.25) is 0 Å². The van der Waals surface area contributed by atoms with Gasteiger partial charge in [-0.2, -0.15) is 0 Å².